The molecule has 1 aliphatic rings. The van der Waals surface area contributed by atoms with Gasteiger partial charge in [0.2, 0.25) is 0 Å². The highest BCUT2D eigenvalue weighted by molar-refractivity contribution is 6.12. The zero-order valence-corrected chi connectivity index (χ0v) is 14.4. The number of carbonyl (C=O) groups excluding carboxylic acids is 1. The first-order chi connectivity index (χ1) is 12.2. The molecule has 128 valence electrons. The van der Waals surface area contributed by atoms with Gasteiger partial charge in [-0.2, -0.15) is 0 Å². The Morgan fingerprint density at radius 1 is 1.20 bits per heavy atom. The molecule has 1 aromatic carbocycles. The number of hydrogen-bond donors (Lipinski definition) is 0. The van der Waals surface area contributed by atoms with Gasteiger partial charge in [0.1, 0.15) is 11.3 Å². The number of nitrogens with zero attached hydrogens (tertiary/aromatic N) is 4. The second-order valence-electron chi connectivity index (χ2n) is 6.29. The van der Waals surface area contributed by atoms with Crippen LogP contribution in [0, 0.1) is 0 Å². The molecule has 0 atom stereocenters. The van der Waals surface area contributed by atoms with Crippen LogP contribution in [0.15, 0.2) is 36.8 Å². The smallest absolute Gasteiger partial charge is 0.260 e. The molecule has 0 unspecified atom stereocenters. The summed E-state index contributed by atoms with van der Waals surface area (Å²) in [5.41, 5.74) is 4.07. The molecule has 2 aromatic heterocycles. The third-order valence-electron chi connectivity index (χ3n) is 4.73. The van der Waals surface area contributed by atoms with Gasteiger partial charge in [0, 0.05) is 25.5 Å². The number of amides is 1. The normalized spacial score (nSPS) is 14.2. The lowest BCUT2D eigenvalue weighted by molar-refractivity contribution is 0.0988. The van der Waals surface area contributed by atoms with E-state index in [1.54, 1.807) is 25.7 Å². The molecule has 0 N–H and O–H groups in total. The van der Waals surface area contributed by atoms with E-state index in [9.17, 15) is 4.79 Å². The van der Waals surface area contributed by atoms with Crippen LogP contribution in [0.4, 0.5) is 5.69 Å². The largest absolute Gasteiger partial charge is 0.497 e. The number of benzene rings is 1. The predicted molar refractivity (Wildman–Crippen MR) is 96.1 cm³/mol. The zero-order valence-electron chi connectivity index (χ0n) is 14.4. The van der Waals surface area contributed by atoms with Gasteiger partial charge in [-0.25, -0.2) is 9.97 Å². The van der Waals surface area contributed by atoms with Crippen LogP contribution in [0.25, 0.3) is 11.2 Å². The minimum absolute atomic E-state index is 0.0283. The third kappa shape index (κ3) is 2.63. The molecule has 0 radical (unpaired) electrons. The van der Waals surface area contributed by atoms with E-state index in [0.717, 1.165) is 41.9 Å². The van der Waals surface area contributed by atoms with Gasteiger partial charge in [0.05, 0.1) is 19.0 Å². The number of ether oxygens (including phenoxy) is 1. The molecule has 0 saturated heterocycles. The van der Waals surface area contributed by atoms with Crippen LogP contribution in [0.2, 0.25) is 0 Å². The Balaban J connectivity index is 1.80. The number of aromatic nitrogens is 3. The van der Waals surface area contributed by atoms with Crippen molar-refractivity contribution in [3.05, 3.63) is 47.9 Å². The van der Waals surface area contributed by atoms with Gasteiger partial charge in [0.15, 0.2) is 5.65 Å². The fraction of sp³-hybridized carbons (Fsp3) is 0.316. The maximum Gasteiger partial charge on any atom is 0.260 e. The summed E-state index contributed by atoms with van der Waals surface area (Å²) in [6.07, 6.45) is 6.34. The fourth-order valence-electron chi connectivity index (χ4n) is 3.41. The van der Waals surface area contributed by atoms with Crippen LogP contribution in [0.5, 0.6) is 5.75 Å². The Bertz CT molecular complexity index is 948. The number of aryl methyl sites for hydroxylation is 2. The Morgan fingerprint density at radius 3 is 2.92 bits per heavy atom. The molecular formula is C19H20N4O2. The van der Waals surface area contributed by atoms with Crippen molar-refractivity contribution in [2.45, 2.75) is 19.3 Å². The molecule has 0 bridgehead atoms. The number of rotatable bonds is 2. The molecule has 1 amide bonds. The first-order valence-corrected chi connectivity index (χ1v) is 8.44. The van der Waals surface area contributed by atoms with E-state index in [4.69, 9.17) is 4.74 Å². The molecule has 25 heavy (non-hydrogen) atoms. The highest BCUT2D eigenvalue weighted by atomic mass is 16.5. The first-order valence-electron chi connectivity index (χ1n) is 8.44. The maximum absolute atomic E-state index is 13.3. The van der Waals surface area contributed by atoms with Crippen molar-refractivity contribution < 1.29 is 9.53 Å². The van der Waals surface area contributed by atoms with Crippen molar-refractivity contribution in [1.29, 1.82) is 0 Å². The summed E-state index contributed by atoms with van der Waals surface area (Å²) in [5, 5.41) is 0. The number of fused-ring (bicyclic) bond motifs is 2. The molecule has 0 aliphatic carbocycles. The van der Waals surface area contributed by atoms with Gasteiger partial charge in [-0.15, -0.1) is 0 Å². The number of anilines is 1. The van der Waals surface area contributed by atoms with E-state index in [-0.39, 0.29) is 5.91 Å². The molecule has 6 nitrogen and oxygen atoms in total. The lowest BCUT2D eigenvalue weighted by Crippen LogP contribution is -2.32. The standard InChI is InChI=1S/C19H20N4O2/c1-22-12-21-17-15(8-9-20-18(17)22)19(24)23-10-4-3-5-13-11-14(25-2)6-7-16(13)23/h6-9,11-12H,3-5,10H2,1-2H3. The van der Waals surface area contributed by atoms with Crippen molar-refractivity contribution in [3.8, 4) is 5.75 Å². The number of carbonyl (C=O) groups is 1. The molecule has 0 spiro atoms. The average Bonchev–Trinajstić information content (AvgIpc) is 2.90. The van der Waals surface area contributed by atoms with Gasteiger partial charge in [-0.1, -0.05) is 0 Å². The van der Waals surface area contributed by atoms with E-state index < -0.39 is 0 Å². The van der Waals surface area contributed by atoms with Crippen LogP contribution < -0.4 is 9.64 Å². The number of imidazole rings is 1. The van der Waals surface area contributed by atoms with E-state index in [0.29, 0.717) is 17.6 Å². The third-order valence-corrected chi connectivity index (χ3v) is 4.73. The zero-order chi connectivity index (χ0) is 17.4. The maximum atomic E-state index is 13.3. The molecule has 1 aliphatic heterocycles. The molecule has 3 heterocycles. The average molecular weight is 336 g/mol. The highest BCUT2D eigenvalue weighted by Gasteiger charge is 2.25. The number of hydrogen-bond acceptors (Lipinski definition) is 4. The molecule has 0 saturated carbocycles. The lowest BCUT2D eigenvalue weighted by atomic mass is 10.1. The Morgan fingerprint density at radius 2 is 2.08 bits per heavy atom. The highest BCUT2D eigenvalue weighted by Crippen LogP contribution is 2.31. The molecule has 6 heteroatoms. The monoisotopic (exact) mass is 336 g/mol. The van der Waals surface area contributed by atoms with Crippen LogP contribution in [0.3, 0.4) is 0 Å². The van der Waals surface area contributed by atoms with Crippen LogP contribution in [-0.4, -0.2) is 34.1 Å². The summed E-state index contributed by atoms with van der Waals surface area (Å²) in [5.74, 6) is 0.795. The second kappa shape index (κ2) is 6.20. The van der Waals surface area contributed by atoms with Gasteiger partial charge >= 0.3 is 0 Å². The van der Waals surface area contributed by atoms with Crippen LogP contribution in [-0.2, 0) is 13.5 Å². The second-order valence-corrected chi connectivity index (χ2v) is 6.29. The predicted octanol–water partition coefficient (Wildman–Crippen LogP) is 2.96. The van der Waals surface area contributed by atoms with Crippen molar-refractivity contribution >= 4 is 22.8 Å². The Labute approximate surface area is 146 Å². The molecule has 0 fully saturated rings. The lowest BCUT2D eigenvalue weighted by Gasteiger charge is -2.23. The van der Waals surface area contributed by atoms with Gasteiger partial charge in [-0.05, 0) is 49.1 Å². The molecular weight excluding hydrogens is 316 g/mol. The number of methoxy groups -OCH3 is 1. The summed E-state index contributed by atoms with van der Waals surface area (Å²) >= 11 is 0. The van der Waals surface area contributed by atoms with E-state index in [2.05, 4.69) is 9.97 Å². The summed E-state index contributed by atoms with van der Waals surface area (Å²) in [7, 11) is 3.54. The summed E-state index contributed by atoms with van der Waals surface area (Å²) in [6.45, 7) is 0.703. The van der Waals surface area contributed by atoms with Crippen LogP contribution >= 0.6 is 0 Å². The molecule has 4 rings (SSSR count). The van der Waals surface area contributed by atoms with Gasteiger partial charge < -0.3 is 14.2 Å². The topological polar surface area (TPSA) is 60.2 Å². The van der Waals surface area contributed by atoms with E-state index in [1.807, 2.05) is 34.7 Å². The fourth-order valence-corrected chi connectivity index (χ4v) is 3.41. The van der Waals surface area contributed by atoms with Crippen molar-refractivity contribution in [3.63, 3.8) is 0 Å². The van der Waals surface area contributed by atoms with Crippen molar-refractivity contribution in [2.75, 3.05) is 18.6 Å². The quantitative estimate of drug-likeness (QED) is 0.722. The number of pyridine rings is 1. The Kier molecular flexibility index (Phi) is 3.87. The summed E-state index contributed by atoms with van der Waals surface area (Å²) in [4.78, 5) is 23.9. The van der Waals surface area contributed by atoms with Gasteiger partial charge in [0.25, 0.3) is 5.91 Å². The van der Waals surface area contributed by atoms with Crippen molar-refractivity contribution in [1.82, 2.24) is 14.5 Å². The Hall–Kier alpha value is -2.89. The van der Waals surface area contributed by atoms with Crippen LogP contribution in [0.1, 0.15) is 28.8 Å². The molecule has 3 aromatic rings. The first kappa shape index (κ1) is 15.6. The minimum Gasteiger partial charge on any atom is -0.497 e. The van der Waals surface area contributed by atoms with E-state index >= 15 is 0 Å². The SMILES string of the molecule is COc1ccc2c(c1)CCCCN2C(=O)c1ccnc2c1ncn2C. The van der Waals surface area contributed by atoms with E-state index in [1.165, 1.54) is 0 Å². The van der Waals surface area contributed by atoms with Crippen molar-refractivity contribution in [2.24, 2.45) is 7.05 Å². The summed E-state index contributed by atoms with van der Waals surface area (Å²) < 4.78 is 7.16. The van der Waals surface area contributed by atoms with Gasteiger partial charge in [-0.3, -0.25) is 4.79 Å². The summed E-state index contributed by atoms with van der Waals surface area (Å²) in [6, 6.07) is 7.68. The minimum atomic E-state index is -0.0283.